The highest BCUT2D eigenvalue weighted by Gasteiger charge is 2.46. The van der Waals surface area contributed by atoms with Gasteiger partial charge in [-0.05, 0) is 114 Å². The minimum Gasteiger partial charge on any atom is -0.497 e. The Kier molecular flexibility index (Phi) is 5.51. The first-order valence-electron chi connectivity index (χ1n) is 13.9. The van der Waals surface area contributed by atoms with E-state index in [1.807, 2.05) is 0 Å². The lowest BCUT2D eigenvalue weighted by Gasteiger charge is -2.56. The van der Waals surface area contributed by atoms with Crippen molar-refractivity contribution in [1.29, 1.82) is 0 Å². The highest BCUT2D eigenvalue weighted by molar-refractivity contribution is 6.02. The van der Waals surface area contributed by atoms with Gasteiger partial charge in [-0.3, -0.25) is 4.90 Å². The Hall–Kier alpha value is -3.30. The zero-order valence-corrected chi connectivity index (χ0v) is 22.1. The van der Waals surface area contributed by atoms with Gasteiger partial charge in [0.2, 0.25) is 0 Å². The zero-order chi connectivity index (χ0) is 25.0. The molecule has 37 heavy (non-hydrogen) atoms. The van der Waals surface area contributed by atoms with Gasteiger partial charge < -0.3 is 9.72 Å². The number of allylic oxidation sites excluding steroid dienone is 1. The number of benzene rings is 3. The Labute approximate surface area is 220 Å². The summed E-state index contributed by atoms with van der Waals surface area (Å²) in [5.41, 5.74) is 12.8. The second-order valence-corrected chi connectivity index (χ2v) is 11.6. The van der Waals surface area contributed by atoms with Crippen LogP contribution in [0.1, 0.15) is 65.6 Å². The Balaban J connectivity index is 1.31. The molecule has 2 aliphatic carbocycles. The van der Waals surface area contributed by atoms with E-state index in [2.05, 4.69) is 83.5 Å². The summed E-state index contributed by atoms with van der Waals surface area (Å²) in [6.45, 7) is 5.83. The maximum Gasteiger partial charge on any atom is 0.119 e. The third-order valence-corrected chi connectivity index (χ3v) is 9.12. The van der Waals surface area contributed by atoms with Gasteiger partial charge >= 0.3 is 0 Å². The van der Waals surface area contributed by atoms with Crippen LogP contribution in [0.4, 0.5) is 0 Å². The number of aromatic nitrogens is 1. The number of rotatable bonds is 5. The number of ether oxygens (including phenoxy) is 1. The van der Waals surface area contributed by atoms with E-state index in [9.17, 15) is 0 Å². The standard InChI is InChI=1S/C34H36N2O/c1-23-7-3-4-9-29(23)31-10-5-8-24-19-28(37-2)12-13-30(24)33(31)25-11-14-32-26(17-25)18-27(35-32)20-36-21-34(22-36)15-6-16-34/h3-4,7,9,11-14,17-19,35H,5-6,8,10,15-16,20-22H2,1-2H3. The van der Waals surface area contributed by atoms with E-state index in [0.717, 1.165) is 31.6 Å². The van der Waals surface area contributed by atoms with Crippen LogP contribution >= 0.6 is 0 Å². The van der Waals surface area contributed by atoms with Crippen LogP contribution in [0.15, 0.2) is 66.7 Å². The summed E-state index contributed by atoms with van der Waals surface area (Å²) in [7, 11) is 1.76. The molecule has 188 valence electrons. The maximum atomic E-state index is 5.60. The number of likely N-dealkylation sites (tertiary alicyclic amines) is 1. The third-order valence-electron chi connectivity index (χ3n) is 9.12. The first-order valence-corrected chi connectivity index (χ1v) is 13.9. The molecule has 3 heteroatoms. The third kappa shape index (κ3) is 4.01. The molecule has 3 aliphatic rings. The van der Waals surface area contributed by atoms with Crippen LogP contribution in [0.25, 0.3) is 22.0 Å². The van der Waals surface area contributed by atoms with E-state index in [0.29, 0.717) is 5.41 Å². The molecule has 1 saturated carbocycles. The van der Waals surface area contributed by atoms with Crippen LogP contribution in [0, 0.1) is 12.3 Å². The van der Waals surface area contributed by atoms with Crippen molar-refractivity contribution in [1.82, 2.24) is 9.88 Å². The molecule has 1 aromatic heterocycles. The van der Waals surface area contributed by atoms with Gasteiger partial charge in [-0.25, -0.2) is 0 Å². The van der Waals surface area contributed by atoms with Gasteiger partial charge in [0.1, 0.15) is 5.75 Å². The summed E-state index contributed by atoms with van der Waals surface area (Å²) in [5, 5.41) is 1.31. The summed E-state index contributed by atoms with van der Waals surface area (Å²) in [6.07, 6.45) is 7.58. The van der Waals surface area contributed by atoms with Crippen molar-refractivity contribution in [2.45, 2.75) is 52.0 Å². The van der Waals surface area contributed by atoms with Crippen molar-refractivity contribution in [3.8, 4) is 5.75 Å². The van der Waals surface area contributed by atoms with Crippen LogP contribution in [0.5, 0.6) is 5.75 Å². The van der Waals surface area contributed by atoms with Gasteiger partial charge in [-0.1, -0.05) is 42.8 Å². The van der Waals surface area contributed by atoms with E-state index >= 15 is 0 Å². The quantitative estimate of drug-likeness (QED) is 0.311. The SMILES string of the molecule is COc1ccc2c(c1)CCCC(c1ccccc1C)=C2c1ccc2[nH]c(CN3CC4(CCC4)C3)cc2c1. The van der Waals surface area contributed by atoms with Crippen LogP contribution < -0.4 is 4.74 Å². The van der Waals surface area contributed by atoms with Gasteiger partial charge in [0.25, 0.3) is 0 Å². The number of nitrogens with one attached hydrogen (secondary N) is 1. The molecule has 2 heterocycles. The largest absolute Gasteiger partial charge is 0.497 e. The van der Waals surface area contributed by atoms with Crippen LogP contribution in [-0.4, -0.2) is 30.1 Å². The number of hydrogen-bond acceptors (Lipinski definition) is 2. The summed E-state index contributed by atoms with van der Waals surface area (Å²) < 4.78 is 5.60. The lowest BCUT2D eigenvalue weighted by Crippen LogP contribution is -2.58. The predicted molar refractivity (Wildman–Crippen MR) is 153 cm³/mol. The van der Waals surface area contributed by atoms with Crippen molar-refractivity contribution in [3.05, 3.63) is 100 Å². The average molecular weight is 489 g/mol. The van der Waals surface area contributed by atoms with Gasteiger partial charge in [0.15, 0.2) is 0 Å². The molecule has 3 aromatic carbocycles. The summed E-state index contributed by atoms with van der Waals surface area (Å²) in [5.74, 6) is 0.942. The molecule has 0 unspecified atom stereocenters. The van der Waals surface area contributed by atoms with E-state index in [-0.39, 0.29) is 0 Å². The normalized spacial score (nSPS) is 18.9. The number of nitrogens with zero attached hydrogens (tertiary/aromatic N) is 1. The van der Waals surface area contributed by atoms with Crippen molar-refractivity contribution < 1.29 is 4.74 Å². The lowest BCUT2D eigenvalue weighted by atomic mass is 9.63. The second-order valence-electron chi connectivity index (χ2n) is 11.6. The van der Waals surface area contributed by atoms with Crippen molar-refractivity contribution in [2.24, 2.45) is 5.41 Å². The Bertz CT molecular complexity index is 1510. The molecule has 7 rings (SSSR count). The first-order chi connectivity index (χ1) is 18.1. The van der Waals surface area contributed by atoms with Crippen molar-refractivity contribution in [3.63, 3.8) is 0 Å². The smallest absolute Gasteiger partial charge is 0.119 e. The molecule has 0 atom stereocenters. The van der Waals surface area contributed by atoms with Gasteiger partial charge in [0.05, 0.1) is 7.11 Å². The van der Waals surface area contributed by atoms with Crippen LogP contribution in [-0.2, 0) is 13.0 Å². The number of aromatic amines is 1. The number of H-pyrrole nitrogens is 1. The molecule has 4 aromatic rings. The Morgan fingerprint density at radius 2 is 1.76 bits per heavy atom. The highest BCUT2D eigenvalue weighted by Crippen LogP contribution is 2.48. The summed E-state index contributed by atoms with van der Waals surface area (Å²) in [6, 6.07) is 24.9. The lowest BCUT2D eigenvalue weighted by molar-refractivity contribution is -0.0649. The minimum atomic E-state index is 0.674. The Morgan fingerprint density at radius 3 is 2.54 bits per heavy atom. The number of methoxy groups -OCH3 is 1. The van der Waals surface area contributed by atoms with Crippen LogP contribution in [0.3, 0.4) is 0 Å². The molecule has 1 aliphatic heterocycles. The molecule has 1 N–H and O–H groups in total. The molecular weight excluding hydrogens is 452 g/mol. The first kappa shape index (κ1) is 22.9. The van der Waals surface area contributed by atoms with Gasteiger partial charge in [-0.15, -0.1) is 0 Å². The fourth-order valence-corrected chi connectivity index (χ4v) is 7.08. The van der Waals surface area contributed by atoms with E-state index < -0.39 is 0 Å². The molecule has 3 nitrogen and oxygen atoms in total. The molecular formula is C34H36N2O. The minimum absolute atomic E-state index is 0.674. The Morgan fingerprint density at radius 1 is 0.892 bits per heavy atom. The molecule has 1 spiro atoms. The molecule has 0 radical (unpaired) electrons. The number of hydrogen-bond donors (Lipinski definition) is 1. The zero-order valence-electron chi connectivity index (χ0n) is 22.1. The summed E-state index contributed by atoms with van der Waals surface area (Å²) in [4.78, 5) is 6.32. The molecule has 0 amide bonds. The highest BCUT2D eigenvalue weighted by atomic mass is 16.5. The fraction of sp³-hybridized carbons (Fsp3) is 0.353. The summed E-state index contributed by atoms with van der Waals surface area (Å²) >= 11 is 0. The molecule has 1 saturated heterocycles. The monoisotopic (exact) mass is 488 g/mol. The number of aryl methyl sites for hydroxylation is 2. The second kappa shape index (κ2) is 8.92. The topological polar surface area (TPSA) is 28.3 Å². The van der Waals surface area contributed by atoms with E-state index in [4.69, 9.17) is 4.74 Å². The predicted octanol–water partition coefficient (Wildman–Crippen LogP) is 7.77. The maximum absolute atomic E-state index is 5.60. The molecule has 0 bridgehead atoms. The van der Waals surface area contributed by atoms with E-state index in [1.165, 1.54) is 87.9 Å². The van der Waals surface area contributed by atoms with Crippen molar-refractivity contribution >= 4 is 22.0 Å². The van der Waals surface area contributed by atoms with Crippen molar-refractivity contribution in [2.75, 3.05) is 20.2 Å². The average Bonchev–Trinajstić information content (AvgIpc) is 3.17. The molecule has 2 fully saturated rings. The van der Waals surface area contributed by atoms with E-state index in [1.54, 1.807) is 7.11 Å². The number of fused-ring (bicyclic) bond motifs is 2. The van der Waals surface area contributed by atoms with Crippen LogP contribution in [0.2, 0.25) is 0 Å². The fourth-order valence-electron chi connectivity index (χ4n) is 7.08. The van der Waals surface area contributed by atoms with Gasteiger partial charge in [0, 0.05) is 36.2 Å². The van der Waals surface area contributed by atoms with Gasteiger partial charge in [-0.2, -0.15) is 0 Å².